The third kappa shape index (κ3) is 1.00. The van der Waals surface area contributed by atoms with Crippen LogP contribution in [0.3, 0.4) is 0 Å². The van der Waals surface area contributed by atoms with E-state index in [9.17, 15) is 9.59 Å². The van der Waals surface area contributed by atoms with Crippen LogP contribution in [0.4, 0.5) is 4.79 Å². The fraction of sp³-hybridized carbons (Fsp3) is 0.500. The van der Waals surface area contributed by atoms with E-state index in [1.807, 2.05) is 22.6 Å². The van der Waals surface area contributed by atoms with Gasteiger partial charge < -0.3 is 5.32 Å². The van der Waals surface area contributed by atoms with E-state index in [2.05, 4.69) is 5.32 Å². The first-order valence-corrected chi connectivity index (χ1v) is 3.59. The molecule has 5 heteroatoms. The Hall–Kier alpha value is -0.330. The first kappa shape index (κ1) is 6.79. The Morgan fingerprint density at radius 2 is 2.22 bits per heavy atom. The molecule has 4 nitrogen and oxygen atoms in total. The average molecular weight is 240 g/mol. The van der Waals surface area contributed by atoms with Crippen LogP contribution in [-0.4, -0.2) is 27.9 Å². The molecule has 1 saturated heterocycles. The number of rotatable bonds is 0. The van der Waals surface area contributed by atoms with Crippen LogP contribution in [0, 0.1) is 0 Å². The number of urea groups is 1. The van der Waals surface area contributed by atoms with Crippen molar-refractivity contribution in [3.05, 3.63) is 0 Å². The minimum Gasteiger partial charge on any atom is -0.317 e. The van der Waals surface area contributed by atoms with Gasteiger partial charge in [-0.1, -0.05) is 0 Å². The molecule has 0 aromatic heterocycles. The van der Waals surface area contributed by atoms with Crippen molar-refractivity contribution in [2.75, 3.05) is 7.05 Å². The van der Waals surface area contributed by atoms with Gasteiger partial charge in [0.25, 0.3) is 5.91 Å². The Bertz CT molecular complexity index is 170. The molecular formula is C4H5IN2O2. The molecule has 0 radical (unpaired) electrons. The normalized spacial score (nSPS) is 26.9. The molecule has 0 spiro atoms. The van der Waals surface area contributed by atoms with Gasteiger partial charge in [0.2, 0.25) is 0 Å². The van der Waals surface area contributed by atoms with Gasteiger partial charge in [-0.3, -0.25) is 9.69 Å². The number of imide groups is 1. The minimum absolute atomic E-state index is 0.180. The highest BCUT2D eigenvalue weighted by atomic mass is 127. The summed E-state index contributed by atoms with van der Waals surface area (Å²) in [6.45, 7) is 0. The fourth-order valence-electron chi connectivity index (χ4n) is 0.537. The van der Waals surface area contributed by atoms with Crippen molar-refractivity contribution >= 4 is 34.5 Å². The second kappa shape index (κ2) is 2.13. The van der Waals surface area contributed by atoms with Crippen LogP contribution in [0.5, 0.6) is 0 Å². The van der Waals surface area contributed by atoms with Crippen molar-refractivity contribution in [3.63, 3.8) is 0 Å². The molecule has 1 atom stereocenters. The van der Waals surface area contributed by atoms with E-state index in [1.54, 1.807) is 0 Å². The molecule has 1 heterocycles. The van der Waals surface area contributed by atoms with Crippen LogP contribution in [0.25, 0.3) is 0 Å². The number of carbonyl (C=O) groups excluding carboxylic acids is 2. The zero-order chi connectivity index (χ0) is 7.02. The van der Waals surface area contributed by atoms with Crippen LogP contribution in [0.15, 0.2) is 0 Å². The summed E-state index contributed by atoms with van der Waals surface area (Å²) in [6, 6.07) is -0.320. The molecule has 0 bridgehead atoms. The van der Waals surface area contributed by atoms with Crippen molar-refractivity contribution in [1.82, 2.24) is 10.2 Å². The van der Waals surface area contributed by atoms with Gasteiger partial charge in [0, 0.05) is 7.05 Å². The third-order valence-corrected chi connectivity index (χ3v) is 1.95. The van der Waals surface area contributed by atoms with Gasteiger partial charge in [-0.15, -0.1) is 0 Å². The molecule has 1 rings (SSSR count). The highest BCUT2D eigenvalue weighted by Crippen LogP contribution is 2.08. The number of nitrogens with zero attached hydrogens (tertiary/aromatic N) is 1. The predicted molar refractivity (Wildman–Crippen MR) is 39.1 cm³/mol. The molecule has 50 valence electrons. The average Bonchev–Trinajstić information content (AvgIpc) is 1.98. The summed E-state index contributed by atoms with van der Waals surface area (Å²) in [5, 5.41) is 2.44. The second-order valence-electron chi connectivity index (χ2n) is 1.71. The highest BCUT2D eigenvalue weighted by molar-refractivity contribution is 14.1. The van der Waals surface area contributed by atoms with Gasteiger partial charge in [0.05, 0.1) is 0 Å². The number of alkyl halides is 1. The SMILES string of the molecule is CN1C(=O)NC(I)C1=O. The maximum Gasteiger partial charge on any atom is 0.325 e. The lowest BCUT2D eigenvalue weighted by Crippen LogP contribution is -2.25. The topological polar surface area (TPSA) is 49.4 Å². The van der Waals surface area contributed by atoms with E-state index >= 15 is 0 Å². The van der Waals surface area contributed by atoms with E-state index in [1.165, 1.54) is 7.05 Å². The van der Waals surface area contributed by atoms with Crippen LogP contribution >= 0.6 is 22.6 Å². The van der Waals surface area contributed by atoms with Gasteiger partial charge in [0.15, 0.2) is 4.05 Å². The predicted octanol–water partition coefficient (Wildman–Crippen LogP) is -0.0709. The quantitative estimate of drug-likeness (QED) is 0.279. The number of carbonyl (C=O) groups is 2. The summed E-state index contributed by atoms with van der Waals surface area (Å²) < 4.78 is -0.375. The Labute approximate surface area is 65.7 Å². The number of likely N-dealkylation sites (N-methyl/N-ethyl adjacent to an activating group) is 1. The highest BCUT2D eigenvalue weighted by Gasteiger charge is 2.32. The summed E-state index contributed by atoms with van der Waals surface area (Å²) in [5.41, 5.74) is 0. The largest absolute Gasteiger partial charge is 0.325 e. The van der Waals surface area contributed by atoms with Crippen molar-refractivity contribution in [1.29, 1.82) is 0 Å². The lowest BCUT2D eigenvalue weighted by molar-refractivity contribution is -0.124. The van der Waals surface area contributed by atoms with Crippen LogP contribution in [-0.2, 0) is 4.79 Å². The summed E-state index contributed by atoms with van der Waals surface area (Å²) in [5.74, 6) is -0.180. The van der Waals surface area contributed by atoms with Gasteiger partial charge >= 0.3 is 6.03 Å². The minimum atomic E-state index is -0.375. The molecule has 1 N–H and O–H groups in total. The molecule has 1 aliphatic heterocycles. The molecule has 3 amide bonds. The maximum absolute atomic E-state index is 10.8. The Morgan fingerprint density at radius 3 is 2.33 bits per heavy atom. The third-order valence-electron chi connectivity index (χ3n) is 1.10. The van der Waals surface area contributed by atoms with E-state index in [-0.39, 0.29) is 16.0 Å². The molecule has 0 aliphatic carbocycles. The Morgan fingerprint density at radius 1 is 1.67 bits per heavy atom. The van der Waals surface area contributed by atoms with E-state index in [0.29, 0.717) is 0 Å². The molecule has 1 unspecified atom stereocenters. The summed E-state index contributed by atoms with van der Waals surface area (Å²) >= 11 is 1.87. The van der Waals surface area contributed by atoms with Crippen molar-refractivity contribution < 1.29 is 9.59 Å². The van der Waals surface area contributed by atoms with E-state index in [0.717, 1.165) is 4.90 Å². The Balaban J connectivity index is 2.77. The summed E-state index contributed by atoms with van der Waals surface area (Å²) in [7, 11) is 1.45. The zero-order valence-corrected chi connectivity index (χ0v) is 6.88. The lowest BCUT2D eigenvalue weighted by Gasteiger charge is -1.99. The first-order chi connectivity index (χ1) is 4.13. The number of halogens is 1. The standard InChI is InChI=1S/C4H5IN2O2/c1-7-3(8)2(5)6-4(7)9/h2H,1H3,(H,6,9). The van der Waals surface area contributed by atoms with Crippen molar-refractivity contribution in [2.45, 2.75) is 4.05 Å². The van der Waals surface area contributed by atoms with Gasteiger partial charge in [-0.2, -0.15) is 0 Å². The molecule has 0 aromatic rings. The van der Waals surface area contributed by atoms with Gasteiger partial charge in [-0.05, 0) is 22.6 Å². The smallest absolute Gasteiger partial charge is 0.317 e. The van der Waals surface area contributed by atoms with Gasteiger partial charge in [-0.25, -0.2) is 4.79 Å². The van der Waals surface area contributed by atoms with Crippen LogP contribution in [0.1, 0.15) is 0 Å². The first-order valence-electron chi connectivity index (χ1n) is 2.35. The summed E-state index contributed by atoms with van der Waals surface area (Å²) in [6.07, 6.45) is 0. The number of nitrogens with one attached hydrogen (secondary N) is 1. The molecule has 1 aliphatic rings. The van der Waals surface area contributed by atoms with Crippen molar-refractivity contribution in [3.8, 4) is 0 Å². The van der Waals surface area contributed by atoms with Crippen LogP contribution < -0.4 is 5.32 Å². The molecule has 9 heavy (non-hydrogen) atoms. The van der Waals surface area contributed by atoms with Crippen LogP contribution in [0.2, 0.25) is 0 Å². The zero-order valence-electron chi connectivity index (χ0n) is 4.72. The van der Waals surface area contributed by atoms with E-state index in [4.69, 9.17) is 0 Å². The monoisotopic (exact) mass is 240 g/mol. The number of hydrogen-bond acceptors (Lipinski definition) is 2. The second-order valence-corrected chi connectivity index (χ2v) is 2.95. The van der Waals surface area contributed by atoms with Gasteiger partial charge in [0.1, 0.15) is 0 Å². The Kier molecular flexibility index (Phi) is 1.60. The fourth-order valence-corrected chi connectivity index (χ4v) is 1.22. The lowest BCUT2D eigenvalue weighted by atomic mass is 10.6. The van der Waals surface area contributed by atoms with Crippen molar-refractivity contribution in [2.24, 2.45) is 0 Å². The summed E-state index contributed by atoms with van der Waals surface area (Å²) in [4.78, 5) is 22.4. The molecule has 0 aromatic carbocycles. The van der Waals surface area contributed by atoms with E-state index < -0.39 is 0 Å². The maximum atomic E-state index is 10.8. The number of hydrogen-bond donors (Lipinski definition) is 1. The molecule has 1 fully saturated rings. The number of amides is 3. The molecule has 0 saturated carbocycles. The molecular weight excluding hydrogens is 235 g/mol.